The monoisotopic (exact) mass is 264 g/mol. The van der Waals surface area contributed by atoms with Gasteiger partial charge in [-0.2, -0.15) is 0 Å². The highest BCUT2D eigenvalue weighted by molar-refractivity contribution is 5.97. The molecule has 1 aromatic rings. The highest BCUT2D eigenvalue weighted by Crippen LogP contribution is 2.18. The zero-order valence-electron chi connectivity index (χ0n) is 12.7. The van der Waals surface area contributed by atoms with Crippen LogP contribution in [0, 0.1) is 0 Å². The van der Waals surface area contributed by atoms with E-state index in [0.29, 0.717) is 17.2 Å². The number of hydrogen-bond acceptors (Lipinski definition) is 4. The molecule has 5 heteroatoms. The van der Waals surface area contributed by atoms with Crippen molar-refractivity contribution in [1.82, 2.24) is 14.9 Å². The first kappa shape index (κ1) is 15.4. The topological polar surface area (TPSA) is 58.1 Å². The summed E-state index contributed by atoms with van der Waals surface area (Å²) in [6.45, 7) is 8.12. The molecule has 106 valence electrons. The number of carbonyl (C=O) groups excluding carboxylic acids is 1. The van der Waals surface area contributed by atoms with Crippen molar-refractivity contribution in [3.05, 3.63) is 17.7 Å². The molecule has 1 aromatic heterocycles. The summed E-state index contributed by atoms with van der Waals surface area (Å²) < 4.78 is 0. The third-order valence-electron chi connectivity index (χ3n) is 3.37. The van der Waals surface area contributed by atoms with Crippen LogP contribution in [0.1, 0.15) is 56.3 Å². The summed E-state index contributed by atoms with van der Waals surface area (Å²) in [6, 6.07) is 0.190. The molecule has 0 aliphatic carbocycles. The van der Waals surface area contributed by atoms with Crippen molar-refractivity contribution < 1.29 is 4.79 Å². The predicted octanol–water partition coefficient (Wildman–Crippen LogP) is 2.51. The average molecular weight is 264 g/mol. The lowest BCUT2D eigenvalue weighted by atomic mass is 10.2. The number of rotatable bonds is 5. The fourth-order valence-electron chi connectivity index (χ4n) is 1.66. The quantitative estimate of drug-likeness (QED) is 0.887. The van der Waals surface area contributed by atoms with E-state index in [1.165, 1.54) is 0 Å². The van der Waals surface area contributed by atoms with Crippen LogP contribution in [-0.4, -0.2) is 40.9 Å². The Balaban J connectivity index is 3.16. The van der Waals surface area contributed by atoms with Gasteiger partial charge < -0.3 is 10.2 Å². The van der Waals surface area contributed by atoms with Gasteiger partial charge in [0.25, 0.3) is 5.91 Å². The Hall–Kier alpha value is -1.65. The lowest BCUT2D eigenvalue weighted by molar-refractivity contribution is 0.0735. The maximum absolute atomic E-state index is 12.5. The lowest BCUT2D eigenvalue weighted by Crippen LogP contribution is -2.35. The average Bonchev–Trinajstić information content (AvgIpc) is 2.43. The van der Waals surface area contributed by atoms with Crippen LogP contribution < -0.4 is 5.32 Å². The zero-order valence-corrected chi connectivity index (χ0v) is 12.7. The minimum absolute atomic E-state index is 0.0667. The van der Waals surface area contributed by atoms with Crippen molar-refractivity contribution in [2.75, 3.05) is 19.4 Å². The van der Waals surface area contributed by atoms with Crippen LogP contribution >= 0.6 is 0 Å². The molecule has 0 fully saturated rings. The van der Waals surface area contributed by atoms with E-state index < -0.39 is 0 Å². The van der Waals surface area contributed by atoms with E-state index in [2.05, 4.69) is 22.2 Å². The maximum atomic E-state index is 12.5. The summed E-state index contributed by atoms with van der Waals surface area (Å²) in [6.07, 6.45) is 2.60. The van der Waals surface area contributed by atoms with Gasteiger partial charge in [0.2, 0.25) is 0 Å². The molecule has 0 spiro atoms. The van der Waals surface area contributed by atoms with E-state index in [0.717, 1.165) is 6.42 Å². The Morgan fingerprint density at radius 3 is 2.53 bits per heavy atom. The van der Waals surface area contributed by atoms with Gasteiger partial charge in [0.05, 0.1) is 11.9 Å². The van der Waals surface area contributed by atoms with Gasteiger partial charge in [0.15, 0.2) is 5.69 Å². The summed E-state index contributed by atoms with van der Waals surface area (Å²) in [5.74, 6) is 0.828. The molecule has 0 bridgehead atoms. The minimum Gasteiger partial charge on any atom is -0.385 e. The molecule has 0 saturated carbocycles. The number of amides is 1. The fourth-order valence-corrected chi connectivity index (χ4v) is 1.66. The summed E-state index contributed by atoms with van der Waals surface area (Å²) in [7, 11) is 3.58. The number of nitrogens with one attached hydrogen (secondary N) is 1. The zero-order chi connectivity index (χ0) is 14.6. The van der Waals surface area contributed by atoms with E-state index in [1.807, 2.05) is 27.8 Å². The largest absolute Gasteiger partial charge is 0.385 e. The summed E-state index contributed by atoms with van der Waals surface area (Å²) >= 11 is 0. The second-order valence-electron chi connectivity index (χ2n) is 5.07. The van der Waals surface area contributed by atoms with E-state index in [-0.39, 0.29) is 17.9 Å². The van der Waals surface area contributed by atoms with Gasteiger partial charge in [-0.3, -0.25) is 4.79 Å². The highest BCUT2D eigenvalue weighted by atomic mass is 16.2. The molecule has 1 amide bonds. The number of hydrogen-bond donors (Lipinski definition) is 1. The third-order valence-corrected chi connectivity index (χ3v) is 3.37. The molecule has 0 saturated heterocycles. The first-order chi connectivity index (χ1) is 8.92. The molecule has 1 N–H and O–H groups in total. The second kappa shape index (κ2) is 6.50. The molecular formula is C14H24N4O. The molecule has 19 heavy (non-hydrogen) atoms. The van der Waals surface area contributed by atoms with Crippen LogP contribution in [0.4, 0.5) is 5.69 Å². The van der Waals surface area contributed by atoms with E-state index in [4.69, 9.17) is 0 Å². The molecule has 0 aliphatic rings. The SMILES string of the molecule is CCC(C)N(C)C(=O)c1nc(C(C)C)ncc1NC. The van der Waals surface area contributed by atoms with Gasteiger partial charge in [-0.05, 0) is 13.3 Å². The fraction of sp³-hybridized carbons (Fsp3) is 0.643. The molecule has 5 nitrogen and oxygen atoms in total. The first-order valence-corrected chi connectivity index (χ1v) is 6.74. The maximum Gasteiger partial charge on any atom is 0.274 e. The van der Waals surface area contributed by atoms with Crippen LogP contribution in [0.15, 0.2) is 6.20 Å². The van der Waals surface area contributed by atoms with Crippen molar-refractivity contribution in [3.63, 3.8) is 0 Å². The minimum atomic E-state index is -0.0667. The smallest absolute Gasteiger partial charge is 0.274 e. The Morgan fingerprint density at radius 1 is 1.42 bits per heavy atom. The van der Waals surface area contributed by atoms with Crippen LogP contribution in [0.3, 0.4) is 0 Å². The van der Waals surface area contributed by atoms with Gasteiger partial charge in [-0.25, -0.2) is 9.97 Å². The lowest BCUT2D eigenvalue weighted by Gasteiger charge is -2.24. The summed E-state index contributed by atoms with van der Waals surface area (Å²) in [4.78, 5) is 22.9. The Kier molecular flexibility index (Phi) is 5.27. The van der Waals surface area contributed by atoms with E-state index in [1.54, 1.807) is 18.1 Å². The number of nitrogens with zero attached hydrogens (tertiary/aromatic N) is 3. The van der Waals surface area contributed by atoms with Crippen molar-refractivity contribution in [2.45, 2.75) is 46.1 Å². The van der Waals surface area contributed by atoms with E-state index >= 15 is 0 Å². The van der Waals surface area contributed by atoms with Gasteiger partial charge in [0, 0.05) is 26.1 Å². The standard InChI is InChI=1S/C14H24N4O/c1-7-10(4)18(6)14(19)12-11(15-5)8-16-13(17-12)9(2)3/h8-10,15H,7H2,1-6H3. The molecule has 1 unspecified atom stereocenters. The second-order valence-corrected chi connectivity index (χ2v) is 5.07. The summed E-state index contributed by atoms with van der Waals surface area (Å²) in [5.41, 5.74) is 1.12. The molecule has 0 aliphatic heterocycles. The summed E-state index contributed by atoms with van der Waals surface area (Å²) in [5, 5.41) is 2.98. The molecule has 0 aromatic carbocycles. The molecule has 0 radical (unpaired) electrons. The predicted molar refractivity (Wildman–Crippen MR) is 77.5 cm³/mol. The number of carbonyl (C=O) groups is 1. The highest BCUT2D eigenvalue weighted by Gasteiger charge is 2.22. The van der Waals surface area contributed by atoms with Crippen molar-refractivity contribution in [1.29, 1.82) is 0 Å². The third kappa shape index (κ3) is 3.43. The van der Waals surface area contributed by atoms with Crippen molar-refractivity contribution >= 4 is 11.6 Å². The van der Waals surface area contributed by atoms with Crippen LogP contribution in [0.5, 0.6) is 0 Å². The normalized spacial score (nSPS) is 12.4. The van der Waals surface area contributed by atoms with Crippen molar-refractivity contribution in [3.8, 4) is 0 Å². The van der Waals surface area contributed by atoms with Gasteiger partial charge in [0.1, 0.15) is 5.82 Å². The Labute approximate surface area is 115 Å². The molecule has 1 atom stereocenters. The van der Waals surface area contributed by atoms with Crippen LogP contribution in [0.25, 0.3) is 0 Å². The van der Waals surface area contributed by atoms with E-state index in [9.17, 15) is 4.79 Å². The Bertz CT molecular complexity index is 445. The van der Waals surface area contributed by atoms with Gasteiger partial charge >= 0.3 is 0 Å². The van der Waals surface area contributed by atoms with Crippen molar-refractivity contribution in [2.24, 2.45) is 0 Å². The van der Waals surface area contributed by atoms with Crippen LogP contribution in [0.2, 0.25) is 0 Å². The Morgan fingerprint density at radius 2 is 2.05 bits per heavy atom. The molecular weight excluding hydrogens is 240 g/mol. The molecule has 1 rings (SSSR count). The number of anilines is 1. The first-order valence-electron chi connectivity index (χ1n) is 6.74. The number of aromatic nitrogens is 2. The van der Waals surface area contributed by atoms with Gasteiger partial charge in [-0.15, -0.1) is 0 Å². The molecule has 1 heterocycles. The van der Waals surface area contributed by atoms with Crippen LogP contribution in [-0.2, 0) is 0 Å². The van der Waals surface area contributed by atoms with Gasteiger partial charge in [-0.1, -0.05) is 20.8 Å².